The molecule has 0 bridgehead atoms. The van der Waals surface area contributed by atoms with Crippen LogP contribution in [-0.4, -0.2) is 53.5 Å². The first-order chi connectivity index (χ1) is 16.4. The second kappa shape index (κ2) is 10.7. The van der Waals surface area contributed by atoms with Gasteiger partial charge in [0, 0.05) is 24.4 Å². The van der Waals surface area contributed by atoms with Gasteiger partial charge >= 0.3 is 12.1 Å². The van der Waals surface area contributed by atoms with E-state index in [0.29, 0.717) is 12.8 Å². The molecule has 1 saturated carbocycles. The lowest BCUT2D eigenvalue weighted by molar-refractivity contribution is -0.139. The Bertz CT molecular complexity index is 1010. The number of carboxylic acid groups (broad SMARTS) is 1. The van der Waals surface area contributed by atoms with Crippen LogP contribution in [0.2, 0.25) is 0 Å². The minimum Gasteiger partial charge on any atom is -0.481 e. The van der Waals surface area contributed by atoms with Crippen molar-refractivity contribution in [2.75, 3.05) is 13.2 Å². The number of aliphatic hydroxyl groups excluding tert-OH is 1. The van der Waals surface area contributed by atoms with Crippen molar-refractivity contribution >= 4 is 18.0 Å². The topological polar surface area (TPSA) is 125 Å². The maximum Gasteiger partial charge on any atom is 0.407 e. The number of hydrogen-bond donors (Lipinski definition) is 4. The fraction of sp³-hybridized carbons (Fsp3) is 0.423. The molecule has 2 aliphatic rings. The summed E-state index contributed by atoms with van der Waals surface area (Å²) in [7, 11) is 0. The maximum atomic E-state index is 12.6. The summed E-state index contributed by atoms with van der Waals surface area (Å²) in [6.07, 6.45) is 0.662. The first-order valence-electron chi connectivity index (χ1n) is 11.7. The number of aliphatic hydroxyl groups is 1. The molecule has 0 saturated heterocycles. The largest absolute Gasteiger partial charge is 0.481 e. The molecule has 34 heavy (non-hydrogen) atoms. The van der Waals surface area contributed by atoms with Crippen molar-refractivity contribution in [2.24, 2.45) is 5.92 Å². The molecular formula is C26H30N2O6. The Morgan fingerprint density at radius 3 is 2.29 bits per heavy atom. The van der Waals surface area contributed by atoms with Gasteiger partial charge in [0.05, 0.1) is 12.5 Å². The molecule has 2 aromatic rings. The van der Waals surface area contributed by atoms with E-state index in [2.05, 4.69) is 34.9 Å². The van der Waals surface area contributed by atoms with Gasteiger partial charge in [0.25, 0.3) is 0 Å². The Morgan fingerprint density at radius 1 is 1.00 bits per heavy atom. The Kier molecular flexibility index (Phi) is 7.47. The molecule has 3 atom stereocenters. The number of nitrogens with one attached hydrogen (secondary N) is 2. The summed E-state index contributed by atoms with van der Waals surface area (Å²) in [6, 6.07) is 16.1. The standard InChI is InChI=1S/C26H30N2O6/c29-18(13-24(30)31)14-27-25(32)16-6-5-7-17(12-16)28-26(33)34-15-23-21-10-3-1-8-19(21)20-9-2-4-11-22(20)23/h1-4,8-11,16-18,23,29H,5-7,12-15H2,(H,27,32)(H,28,33)(H,30,31)/t16-,17-,18?/m1/s1. The summed E-state index contributed by atoms with van der Waals surface area (Å²) < 4.78 is 5.61. The van der Waals surface area contributed by atoms with Crippen molar-refractivity contribution in [2.45, 2.75) is 50.2 Å². The molecule has 4 N–H and O–H groups in total. The van der Waals surface area contributed by atoms with Crippen LogP contribution >= 0.6 is 0 Å². The number of amides is 2. The highest BCUT2D eigenvalue weighted by atomic mass is 16.5. The van der Waals surface area contributed by atoms with Crippen LogP contribution in [0.5, 0.6) is 0 Å². The number of carboxylic acids is 1. The van der Waals surface area contributed by atoms with Crippen LogP contribution in [0.1, 0.15) is 49.1 Å². The second-order valence-corrected chi connectivity index (χ2v) is 9.03. The fourth-order valence-electron chi connectivity index (χ4n) is 5.00. The van der Waals surface area contributed by atoms with Crippen LogP contribution in [0.25, 0.3) is 11.1 Å². The van der Waals surface area contributed by atoms with E-state index in [0.717, 1.165) is 24.0 Å². The molecule has 0 heterocycles. The monoisotopic (exact) mass is 466 g/mol. The quantitative estimate of drug-likeness (QED) is 0.474. The predicted molar refractivity (Wildman–Crippen MR) is 125 cm³/mol. The highest BCUT2D eigenvalue weighted by Gasteiger charge is 2.31. The van der Waals surface area contributed by atoms with E-state index in [1.54, 1.807) is 0 Å². The number of ether oxygens (including phenoxy) is 1. The molecule has 8 heteroatoms. The minimum absolute atomic E-state index is 0.0136. The number of carbonyl (C=O) groups excluding carboxylic acids is 2. The molecule has 0 radical (unpaired) electrons. The van der Waals surface area contributed by atoms with Gasteiger partial charge in [-0.1, -0.05) is 55.0 Å². The molecule has 8 nitrogen and oxygen atoms in total. The van der Waals surface area contributed by atoms with Crippen LogP contribution in [0, 0.1) is 5.92 Å². The van der Waals surface area contributed by atoms with E-state index in [-0.39, 0.29) is 36.9 Å². The lowest BCUT2D eigenvalue weighted by atomic mass is 9.85. The van der Waals surface area contributed by atoms with Gasteiger partial charge in [-0.25, -0.2) is 4.79 Å². The molecule has 180 valence electrons. The SMILES string of the molecule is O=C(O)CC(O)CNC(=O)[C@@H]1CCC[C@@H](NC(=O)OCC2c3ccccc3-c3ccccc32)C1. The lowest BCUT2D eigenvalue weighted by Crippen LogP contribution is -2.44. The molecule has 1 unspecified atom stereocenters. The summed E-state index contributed by atoms with van der Waals surface area (Å²) in [6.45, 7) is 0.129. The van der Waals surface area contributed by atoms with Gasteiger partial charge in [-0.2, -0.15) is 0 Å². The Morgan fingerprint density at radius 2 is 1.65 bits per heavy atom. The van der Waals surface area contributed by atoms with E-state index in [1.807, 2.05) is 24.3 Å². The number of benzene rings is 2. The predicted octanol–water partition coefficient (Wildman–Crippen LogP) is 3.04. The molecule has 0 spiro atoms. The lowest BCUT2D eigenvalue weighted by Gasteiger charge is -2.29. The first-order valence-corrected chi connectivity index (χ1v) is 11.7. The zero-order chi connectivity index (χ0) is 24.1. The van der Waals surface area contributed by atoms with Gasteiger partial charge in [0.1, 0.15) is 6.61 Å². The highest BCUT2D eigenvalue weighted by Crippen LogP contribution is 2.44. The number of hydrogen-bond acceptors (Lipinski definition) is 5. The smallest absolute Gasteiger partial charge is 0.407 e. The van der Waals surface area contributed by atoms with Crippen molar-refractivity contribution in [3.8, 4) is 11.1 Å². The number of alkyl carbamates (subject to hydrolysis) is 1. The Balaban J connectivity index is 1.27. The normalized spacial score (nSPS) is 20.0. The molecule has 2 aromatic carbocycles. The molecule has 4 rings (SSSR count). The zero-order valence-electron chi connectivity index (χ0n) is 18.9. The summed E-state index contributed by atoms with van der Waals surface area (Å²) in [5.41, 5.74) is 4.63. The molecule has 2 aliphatic carbocycles. The van der Waals surface area contributed by atoms with Crippen molar-refractivity contribution in [1.29, 1.82) is 0 Å². The van der Waals surface area contributed by atoms with E-state index < -0.39 is 24.6 Å². The van der Waals surface area contributed by atoms with Crippen LogP contribution in [-0.2, 0) is 14.3 Å². The third-order valence-electron chi connectivity index (χ3n) is 6.63. The third-order valence-corrected chi connectivity index (χ3v) is 6.63. The average molecular weight is 467 g/mol. The van der Waals surface area contributed by atoms with E-state index >= 15 is 0 Å². The number of fused-ring (bicyclic) bond motifs is 3. The highest BCUT2D eigenvalue weighted by molar-refractivity contribution is 5.80. The van der Waals surface area contributed by atoms with E-state index in [1.165, 1.54) is 11.1 Å². The Labute approximate surface area is 198 Å². The van der Waals surface area contributed by atoms with Crippen molar-refractivity contribution in [1.82, 2.24) is 10.6 Å². The molecule has 2 amide bonds. The minimum atomic E-state index is -1.13. The molecule has 0 aromatic heterocycles. The number of carbonyl (C=O) groups is 3. The van der Waals surface area contributed by atoms with Crippen LogP contribution in [0.3, 0.4) is 0 Å². The Hall–Kier alpha value is -3.39. The van der Waals surface area contributed by atoms with Crippen LogP contribution in [0.4, 0.5) is 4.79 Å². The second-order valence-electron chi connectivity index (χ2n) is 9.03. The van der Waals surface area contributed by atoms with Gasteiger partial charge in [0.2, 0.25) is 5.91 Å². The van der Waals surface area contributed by atoms with Gasteiger partial charge < -0.3 is 25.6 Å². The zero-order valence-corrected chi connectivity index (χ0v) is 18.9. The average Bonchev–Trinajstić information content (AvgIpc) is 3.15. The van der Waals surface area contributed by atoms with Gasteiger partial charge in [-0.05, 0) is 41.5 Å². The summed E-state index contributed by atoms with van der Waals surface area (Å²) in [5, 5.41) is 23.9. The molecule has 1 fully saturated rings. The van der Waals surface area contributed by atoms with Crippen molar-refractivity contribution < 1.29 is 29.3 Å². The summed E-state index contributed by atoms with van der Waals surface area (Å²) in [4.78, 5) is 35.6. The summed E-state index contributed by atoms with van der Waals surface area (Å²) >= 11 is 0. The van der Waals surface area contributed by atoms with E-state index in [4.69, 9.17) is 9.84 Å². The maximum absolute atomic E-state index is 12.6. The third kappa shape index (κ3) is 5.56. The molecular weight excluding hydrogens is 436 g/mol. The number of rotatable bonds is 8. The van der Waals surface area contributed by atoms with Crippen LogP contribution in [0.15, 0.2) is 48.5 Å². The van der Waals surface area contributed by atoms with Gasteiger partial charge in [-0.3, -0.25) is 9.59 Å². The van der Waals surface area contributed by atoms with E-state index in [9.17, 15) is 19.5 Å². The van der Waals surface area contributed by atoms with Gasteiger partial charge in [0.15, 0.2) is 0 Å². The fourth-order valence-corrected chi connectivity index (χ4v) is 5.00. The van der Waals surface area contributed by atoms with Crippen molar-refractivity contribution in [3.63, 3.8) is 0 Å². The summed E-state index contributed by atoms with van der Waals surface area (Å²) in [5.74, 6) is -1.67. The number of aliphatic carboxylic acids is 1. The van der Waals surface area contributed by atoms with Crippen LogP contribution < -0.4 is 10.6 Å². The first kappa shape index (κ1) is 23.8. The van der Waals surface area contributed by atoms with Gasteiger partial charge in [-0.15, -0.1) is 0 Å². The van der Waals surface area contributed by atoms with Crippen molar-refractivity contribution in [3.05, 3.63) is 59.7 Å². The molecule has 0 aliphatic heterocycles.